The molecular weight excluding hydrogens is 360 g/mol. The second kappa shape index (κ2) is 7.98. The summed E-state index contributed by atoms with van der Waals surface area (Å²) in [5, 5.41) is 16.4. The molecule has 0 saturated carbocycles. The molecule has 0 spiro atoms. The molecule has 0 fully saturated rings. The molecule has 7 nitrogen and oxygen atoms in total. The van der Waals surface area contributed by atoms with Crippen molar-refractivity contribution in [1.82, 2.24) is 30.4 Å². The molecule has 1 aromatic carbocycles. The zero-order chi connectivity index (χ0) is 19.4. The molecule has 1 amide bonds. The molecule has 0 aliphatic rings. The van der Waals surface area contributed by atoms with Gasteiger partial charge in [-0.15, -0.1) is 16.4 Å². The molecule has 2 aromatic heterocycles. The highest BCUT2D eigenvalue weighted by molar-refractivity contribution is 7.13. The van der Waals surface area contributed by atoms with Crippen LogP contribution in [-0.4, -0.2) is 58.2 Å². The lowest BCUT2D eigenvalue weighted by Gasteiger charge is -2.28. The summed E-state index contributed by atoms with van der Waals surface area (Å²) in [5.41, 5.74) is 2.29. The maximum absolute atomic E-state index is 12.8. The molecule has 3 aromatic rings. The third kappa shape index (κ3) is 4.99. The summed E-state index contributed by atoms with van der Waals surface area (Å²) in [6.07, 6.45) is 1.52. The van der Waals surface area contributed by atoms with Gasteiger partial charge in [-0.3, -0.25) is 4.79 Å². The average molecular weight is 385 g/mol. The van der Waals surface area contributed by atoms with Crippen molar-refractivity contribution in [2.45, 2.75) is 13.8 Å². The average Bonchev–Trinajstić information content (AvgIpc) is 3.31. The van der Waals surface area contributed by atoms with Gasteiger partial charge in [0.25, 0.3) is 5.91 Å². The van der Waals surface area contributed by atoms with Gasteiger partial charge in [0, 0.05) is 23.5 Å². The summed E-state index contributed by atoms with van der Waals surface area (Å²) in [6, 6.07) is 9.73. The van der Waals surface area contributed by atoms with E-state index in [1.807, 2.05) is 49.8 Å². The Kier molecular flexibility index (Phi) is 5.67. The molecule has 0 atom stereocenters. The van der Waals surface area contributed by atoms with Crippen molar-refractivity contribution in [3.05, 3.63) is 47.6 Å². The van der Waals surface area contributed by atoms with Gasteiger partial charge < -0.3 is 10.2 Å². The van der Waals surface area contributed by atoms with Gasteiger partial charge in [-0.2, -0.15) is 0 Å². The van der Waals surface area contributed by atoms with Crippen LogP contribution >= 0.6 is 11.3 Å². The molecular formula is C19H24N6OS. The molecule has 0 saturated heterocycles. The van der Waals surface area contributed by atoms with Gasteiger partial charge in [0.15, 0.2) is 0 Å². The van der Waals surface area contributed by atoms with Crippen molar-refractivity contribution in [2.75, 3.05) is 27.2 Å². The van der Waals surface area contributed by atoms with Gasteiger partial charge in [0.2, 0.25) is 0 Å². The second-order valence-corrected chi connectivity index (χ2v) is 8.53. The predicted octanol–water partition coefficient (Wildman–Crippen LogP) is 2.71. The molecule has 3 rings (SSSR count). The highest BCUT2D eigenvalue weighted by atomic mass is 32.1. The van der Waals surface area contributed by atoms with E-state index in [-0.39, 0.29) is 11.3 Å². The molecule has 27 heavy (non-hydrogen) atoms. The van der Waals surface area contributed by atoms with Crippen LogP contribution in [0, 0.1) is 5.41 Å². The summed E-state index contributed by atoms with van der Waals surface area (Å²) < 4.78 is 1.56. The number of hydrogen-bond acceptors (Lipinski definition) is 6. The van der Waals surface area contributed by atoms with Crippen LogP contribution in [0.1, 0.15) is 24.2 Å². The van der Waals surface area contributed by atoms with E-state index in [2.05, 4.69) is 39.6 Å². The molecule has 0 aliphatic carbocycles. The Morgan fingerprint density at radius 3 is 2.74 bits per heavy atom. The molecule has 2 heterocycles. The minimum Gasteiger partial charge on any atom is -0.351 e. The number of benzene rings is 1. The standard InChI is InChI=1S/C19H24N6OS/c1-19(2,12-24(3)4)11-20-18(26)15-8-14(17-6-5-7-27-17)9-16(10-15)25-13-21-22-23-25/h5-10,13H,11-12H2,1-4H3,(H,20,26). The van der Waals surface area contributed by atoms with Crippen molar-refractivity contribution in [1.29, 1.82) is 0 Å². The summed E-state index contributed by atoms with van der Waals surface area (Å²) in [5.74, 6) is -0.102. The quantitative estimate of drug-likeness (QED) is 0.678. The number of carbonyl (C=O) groups excluding carboxylic acids is 1. The van der Waals surface area contributed by atoms with Crippen LogP contribution in [-0.2, 0) is 0 Å². The maximum Gasteiger partial charge on any atom is 0.251 e. The fraction of sp³-hybridized carbons (Fsp3) is 0.368. The third-order valence-electron chi connectivity index (χ3n) is 4.07. The Labute approximate surface area is 163 Å². The van der Waals surface area contributed by atoms with Crippen molar-refractivity contribution in [2.24, 2.45) is 5.41 Å². The summed E-state index contributed by atoms with van der Waals surface area (Å²) in [7, 11) is 4.07. The number of hydrogen-bond donors (Lipinski definition) is 1. The number of tetrazole rings is 1. The number of rotatable bonds is 7. The second-order valence-electron chi connectivity index (χ2n) is 7.58. The van der Waals surface area contributed by atoms with E-state index < -0.39 is 0 Å². The van der Waals surface area contributed by atoms with Crippen LogP contribution < -0.4 is 5.32 Å². The molecule has 8 heteroatoms. The Morgan fingerprint density at radius 1 is 1.30 bits per heavy atom. The van der Waals surface area contributed by atoms with Gasteiger partial charge >= 0.3 is 0 Å². The first-order chi connectivity index (χ1) is 12.8. The van der Waals surface area contributed by atoms with Crippen LogP contribution in [0.25, 0.3) is 16.1 Å². The van der Waals surface area contributed by atoms with Crippen LogP contribution in [0.4, 0.5) is 0 Å². The Balaban J connectivity index is 1.86. The molecule has 142 valence electrons. The van der Waals surface area contributed by atoms with Crippen molar-refractivity contribution >= 4 is 17.2 Å². The smallest absolute Gasteiger partial charge is 0.251 e. The van der Waals surface area contributed by atoms with E-state index in [1.54, 1.807) is 16.0 Å². The number of carbonyl (C=O) groups is 1. The van der Waals surface area contributed by atoms with E-state index in [0.29, 0.717) is 12.1 Å². The van der Waals surface area contributed by atoms with E-state index >= 15 is 0 Å². The lowest BCUT2D eigenvalue weighted by Crippen LogP contribution is -2.40. The van der Waals surface area contributed by atoms with Crippen molar-refractivity contribution in [3.8, 4) is 16.1 Å². The topological polar surface area (TPSA) is 75.9 Å². The number of nitrogens with one attached hydrogen (secondary N) is 1. The number of thiophene rings is 1. The third-order valence-corrected chi connectivity index (χ3v) is 4.99. The fourth-order valence-electron chi connectivity index (χ4n) is 3.07. The highest BCUT2D eigenvalue weighted by Gasteiger charge is 2.21. The SMILES string of the molecule is CN(C)CC(C)(C)CNC(=O)c1cc(-c2cccs2)cc(-n2cnnn2)c1. The summed E-state index contributed by atoms with van der Waals surface area (Å²) >= 11 is 1.63. The lowest BCUT2D eigenvalue weighted by molar-refractivity contribution is 0.0929. The Bertz CT molecular complexity index is 835. The van der Waals surface area contributed by atoms with Crippen molar-refractivity contribution in [3.63, 3.8) is 0 Å². The minimum absolute atomic E-state index is 0.0246. The van der Waals surface area contributed by atoms with Crippen LogP contribution in [0.15, 0.2) is 42.0 Å². The normalized spacial score (nSPS) is 11.7. The Morgan fingerprint density at radius 2 is 2.11 bits per heavy atom. The zero-order valence-electron chi connectivity index (χ0n) is 16.0. The molecule has 1 N–H and O–H groups in total. The first-order valence-electron chi connectivity index (χ1n) is 8.69. The molecule has 0 unspecified atom stereocenters. The number of amides is 1. The van der Waals surface area contributed by atoms with Crippen LogP contribution in [0.2, 0.25) is 0 Å². The molecule has 0 bridgehead atoms. The number of nitrogens with zero attached hydrogens (tertiary/aromatic N) is 5. The van der Waals surface area contributed by atoms with Crippen molar-refractivity contribution < 1.29 is 4.79 Å². The fourth-order valence-corrected chi connectivity index (χ4v) is 3.79. The summed E-state index contributed by atoms with van der Waals surface area (Å²) in [6.45, 7) is 5.76. The molecule has 0 aliphatic heterocycles. The van der Waals surface area contributed by atoms with Gasteiger partial charge in [0.05, 0.1) is 5.69 Å². The van der Waals surface area contributed by atoms with Crippen LogP contribution in [0.5, 0.6) is 0 Å². The lowest BCUT2D eigenvalue weighted by atomic mass is 9.93. The number of aromatic nitrogens is 4. The van der Waals surface area contributed by atoms with E-state index in [1.165, 1.54) is 6.33 Å². The largest absolute Gasteiger partial charge is 0.351 e. The first-order valence-corrected chi connectivity index (χ1v) is 9.57. The predicted molar refractivity (Wildman–Crippen MR) is 107 cm³/mol. The highest BCUT2D eigenvalue weighted by Crippen LogP contribution is 2.28. The van der Waals surface area contributed by atoms with Crippen LogP contribution in [0.3, 0.4) is 0 Å². The van der Waals surface area contributed by atoms with Gasteiger partial charge in [-0.05, 0) is 65.1 Å². The summed E-state index contributed by atoms with van der Waals surface area (Å²) in [4.78, 5) is 16.1. The van der Waals surface area contributed by atoms with E-state index in [0.717, 1.165) is 22.7 Å². The van der Waals surface area contributed by atoms with E-state index in [4.69, 9.17) is 0 Å². The Hall–Kier alpha value is -2.58. The zero-order valence-corrected chi connectivity index (χ0v) is 16.8. The molecule has 0 radical (unpaired) electrons. The monoisotopic (exact) mass is 384 g/mol. The van der Waals surface area contributed by atoms with Gasteiger partial charge in [-0.1, -0.05) is 19.9 Å². The minimum atomic E-state index is -0.102. The van der Waals surface area contributed by atoms with E-state index in [9.17, 15) is 4.79 Å². The van der Waals surface area contributed by atoms with Gasteiger partial charge in [-0.25, -0.2) is 4.68 Å². The maximum atomic E-state index is 12.8. The first kappa shape index (κ1) is 19.2. The van der Waals surface area contributed by atoms with Gasteiger partial charge in [0.1, 0.15) is 6.33 Å².